The molecule has 2 N–H and O–H groups in total. The van der Waals surface area contributed by atoms with Crippen LogP contribution in [0.1, 0.15) is 38.7 Å². The van der Waals surface area contributed by atoms with Gasteiger partial charge in [-0.1, -0.05) is 6.07 Å². The Balaban J connectivity index is 3.59. The van der Waals surface area contributed by atoms with Gasteiger partial charge in [-0.05, 0) is 54.4 Å². The highest BCUT2D eigenvalue weighted by atomic mass is 79.9. The summed E-state index contributed by atoms with van der Waals surface area (Å²) in [6, 6.07) is 2.67. The molecule has 0 aliphatic carbocycles. The van der Waals surface area contributed by atoms with Crippen molar-refractivity contribution < 1.29 is 31.5 Å². The fourth-order valence-corrected chi connectivity index (χ4v) is 2.97. The van der Waals surface area contributed by atoms with Crippen molar-refractivity contribution in [1.82, 2.24) is 0 Å². The molecule has 3 nitrogen and oxygen atoms in total. The summed E-state index contributed by atoms with van der Waals surface area (Å²) in [6.45, 7) is 3.16. The third-order valence-corrected chi connectivity index (χ3v) is 4.13. The number of alkyl halides is 4. The van der Waals surface area contributed by atoms with Gasteiger partial charge in [-0.15, -0.1) is 0 Å². The van der Waals surface area contributed by atoms with Crippen LogP contribution in [0.25, 0.3) is 0 Å². The van der Waals surface area contributed by atoms with Crippen molar-refractivity contribution >= 4 is 21.9 Å². The molecule has 9 heteroatoms. The van der Waals surface area contributed by atoms with Crippen LogP contribution in [0.3, 0.4) is 0 Å². The molecular weight excluding hydrogens is 413 g/mol. The molecule has 0 spiro atoms. The molecule has 25 heavy (non-hydrogen) atoms. The van der Waals surface area contributed by atoms with Crippen LogP contribution in [0.2, 0.25) is 0 Å². The van der Waals surface area contributed by atoms with Gasteiger partial charge in [0, 0.05) is 6.42 Å². The first-order valence-electron chi connectivity index (χ1n) is 7.39. The number of carbonyl (C=O) groups is 1. The fraction of sp³-hybridized carbons (Fsp3) is 0.562. The summed E-state index contributed by atoms with van der Waals surface area (Å²) in [6.07, 6.45) is -5.99. The molecule has 0 amide bonds. The molecule has 2 atom stereocenters. The highest BCUT2D eigenvalue weighted by Gasteiger charge is 2.59. The largest absolute Gasteiger partial charge is 0.465 e. The number of hydrogen-bond donors (Lipinski definition) is 1. The van der Waals surface area contributed by atoms with E-state index in [0.717, 1.165) is 26.0 Å². The maximum atomic E-state index is 14.2. The predicted molar refractivity (Wildman–Crippen MR) is 86.3 cm³/mol. The maximum Gasteiger partial charge on any atom is 0.398 e. The minimum Gasteiger partial charge on any atom is -0.465 e. The van der Waals surface area contributed by atoms with E-state index in [2.05, 4.69) is 20.7 Å². The number of nitrogens with two attached hydrogens (primary N) is 1. The van der Waals surface area contributed by atoms with Crippen LogP contribution < -0.4 is 5.73 Å². The van der Waals surface area contributed by atoms with E-state index in [1.807, 2.05) is 0 Å². The number of rotatable bonds is 6. The van der Waals surface area contributed by atoms with Gasteiger partial charge >= 0.3 is 12.1 Å². The monoisotopic (exact) mass is 431 g/mol. The SMILES string of the molecule is CCOC(=O)C(N)(CC(C)(C)F)C(c1ccc(Br)c(F)c1)C(F)(F)F. The van der Waals surface area contributed by atoms with Crippen molar-refractivity contribution in [2.75, 3.05) is 6.61 Å². The van der Waals surface area contributed by atoms with E-state index in [1.54, 1.807) is 0 Å². The van der Waals surface area contributed by atoms with Gasteiger partial charge < -0.3 is 10.5 Å². The lowest BCUT2D eigenvalue weighted by Crippen LogP contribution is -2.60. The van der Waals surface area contributed by atoms with Crippen LogP contribution in [-0.2, 0) is 9.53 Å². The maximum absolute atomic E-state index is 14.2. The third-order valence-electron chi connectivity index (χ3n) is 3.49. The van der Waals surface area contributed by atoms with Crippen molar-refractivity contribution in [2.45, 2.75) is 50.5 Å². The summed E-state index contributed by atoms with van der Waals surface area (Å²) in [5.74, 6) is -5.00. The summed E-state index contributed by atoms with van der Waals surface area (Å²) in [7, 11) is 0. The van der Waals surface area contributed by atoms with Gasteiger partial charge in [0.15, 0.2) is 0 Å². The number of esters is 1. The van der Waals surface area contributed by atoms with E-state index < -0.39 is 47.1 Å². The second-order valence-corrected chi connectivity index (χ2v) is 7.16. The Hall–Kier alpha value is -1.22. The Labute approximate surface area is 150 Å². The number of carbonyl (C=O) groups excluding carboxylic acids is 1. The van der Waals surface area contributed by atoms with Crippen LogP contribution >= 0.6 is 15.9 Å². The Morgan fingerprint density at radius 1 is 1.28 bits per heavy atom. The van der Waals surface area contributed by atoms with E-state index in [0.29, 0.717) is 6.07 Å². The smallest absolute Gasteiger partial charge is 0.398 e. The van der Waals surface area contributed by atoms with Crippen LogP contribution in [0.5, 0.6) is 0 Å². The van der Waals surface area contributed by atoms with Crippen molar-refractivity contribution in [2.24, 2.45) is 5.73 Å². The van der Waals surface area contributed by atoms with Gasteiger partial charge in [-0.25, -0.2) is 8.78 Å². The summed E-state index contributed by atoms with van der Waals surface area (Å²) < 4.78 is 73.8. The summed E-state index contributed by atoms with van der Waals surface area (Å²) in [5.41, 5.74) is 0.253. The Bertz CT molecular complexity index is 630. The van der Waals surface area contributed by atoms with E-state index in [9.17, 15) is 26.7 Å². The molecule has 0 aliphatic heterocycles. The molecule has 0 bridgehead atoms. The molecule has 142 valence electrons. The standard InChI is InChI=1S/C16H19BrF5NO2/c1-4-25-13(24)15(23,8-14(2,3)19)12(16(20,21)22)9-5-6-10(17)11(18)7-9/h5-7,12H,4,8,23H2,1-3H3. The van der Waals surface area contributed by atoms with Crippen molar-refractivity contribution in [3.8, 4) is 0 Å². The van der Waals surface area contributed by atoms with E-state index >= 15 is 0 Å². The molecular formula is C16H19BrF5NO2. The molecule has 0 fully saturated rings. The zero-order valence-electron chi connectivity index (χ0n) is 13.9. The summed E-state index contributed by atoms with van der Waals surface area (Å²) >= 11 is 2.84. The van der Waals surface area contributed by atoms with Gasteiger partial charge in [0.2, 0.25) is 0 Å². The molecule has 1 rings (SSSR count). The molecule has 1 aromatic rings. The molecule has 0 saturated heterocycles. The molecule has 2 unspecified atom stereocenters. The third kappa shape index (κ3) is 5.37. The van der Waals surface area contributed by atoms with Gasteiger partial charge in [0.05, 0.1) is 11.1 Å². The molecule has 0 aromatic heterocycles. The van der Waals surface area contributed by atoms with Gasteiger partial charge in [0.25, 0.3) is 0 Å². The minimum absolute atomic E-state index is 0.0539. The number of halogens is 6. The molecule has 0 heterocycles. The first-order valence-corrected chi connectivity index (χ1v) is 8.18. The number of hydrogen-bond acceptors (Lipinski definition) is 3. The lowest BCUT2D eigenvalue weighted by atomic mass is 9.73. The van der Waals surface area contributed by atoms with Gasteiger partial charge in [0.1, 0.15) is 22.9 Å². The minimum atomic E-state index is -5.03. The second kappa shape index (κ2) is 7.57. The Kier molecular flexibility index (Phi) is 6.61. The second-order valence-electron chi connectivity index (χ2n) is 6.30. The van der Waals surface area contributed by atoms with Crippen LogP contribution in [0, 0.1) is 5.82 Å². The number of benzene rings is 1. The molecule has 0 aliphatic rings. The quantitative estimate of drug-likeness (QED) is 0.527. The van der Waals surface area contributed by atoms with Crippen LogP contribution in [0.4, 0.5) is 22.0 Å². The summed E-state index contributed by atoms with van der Waals surface area (Å²) in [5, 5.41) is 0. The average Bonchev–Trinajstić information content (AvgIpc) is 2.39. The first kappa shape index (κ1) is 21.8. The highest BCUT2D eigenvalue weighted by molar-refractivity contribution is 9.10. The normalized spacial score (nSPS) is 16.2. The summed E-state index contributed by atoms with van der Waals surface area (Å²) in [4.78, 5) is 12.2. The lowest BCUT2D eigenvalue weighted by molar-refractivity contribution is -0.185. The molecule has 0 saturated carbocycles. The van der Waals surface area contributed by atoms with E-state index in [1.165, 1.54) is 6.92 Å². The molecule has 1 aromatic carbocycles. The Morgan fingerprint density at radius 3 is 2.24 bits per heavy atom. The van der Waals surface area contributed by atoms with Gasteiger partial charge in [-0.2, -0.15) is 13.2 Å². The molecule has 0 radical (unpaired) electrons. The van der Waals surface area contributed by atoms with E-state index in [4.69, 9.17) is 5.73 Å². The fourth-order valence-electron chi connectivity index (χ4n) is 2.72. The first-order chi connectivity index (χ1) is 11.2. The van der Waals surface area contributed by atoms with Gasteiger partial charge in [-0.3, -0.25) is 4.79 Å². The highest BCUT2D eigenvalue weighted by Crippen LogP contribution is 2.46. The zero-order chi connectivity index (χ0) is 19.6. The predicted octanol–water partition coefficient (Wildman–Crippen LogP) is 4.63. The zero-order valence-corrected chi connectivity index (χ0v) is 15.5. The lowest BCUT2D eigenvalue weighted by Gasteiger charge is -2.39. The van der Waals surface area contributed by atoms with Crippen LogP contribution in [-0.4, -0.2) is 30.0 Å². The van der Waals surface area contributed by atoms with Crippen molar-refractivity contribution in [3.63, 3.8) is 0 Å². The number of ether oxygens (including phenoxy) is 1. The van der Waals surface area contributed by atoms with E-state index in [-0.39, 0.29) is 11.1 Å². The van der Waals surface area contributed by atoms with Crippen LogP contribution in [0.15, 0.2) is 22.7 Å². The van der Waals surface area contributed by atoms with Crippen molar-refractivity contribution in [3.05, 3.63) is 34.1 Å². The topological polar surface area (TPSA) is 52.3 Å². The Morgan fingerprint density at radius 2 is 1.84 bits per heavy atom. The average molecular weight is 432 g/mol. The van der Waals surface area contributed by atoms with Crippen molar-refractivity contribution in [1.29, 1.82) is 0 Å².